The number of nitrogens with one attached hydrogen (secondary N) is 2. The highest BCUT2D eigenvalue weighted by atomic mass is 16.3. The average Bonchev–Trinajstić information content (AvgIpc) is 3.08. The van der Waals surface area contributed by atoms with E-state index in [2.05, 4.69) is 29.4 Å². The first kappa shape index (κ1) is 15.6. The third-order valence-electron chi connectivity index (χ3n) is 4.51. The Bertz CT molecular complexity index is 329. The Balaban J connectivity index is 1.65. The zero-order valence-electron chi connectivity index (χ0n) is 12.8. The minimum atomic E-state index is -0.0962. The number of aliphatic hydroxyl groups excluding tert-OH is 1. The van der Waals surface area contributed by atoms with Crippen LogP contribution in [0.15, 0.2) is 0 Å². The number of rotatable bonds is 7. The molecule has 0 radical (unpaired) electrons. The van der Waals surface area contributed by atoms with E-state index in [4.69, 9.17) is 0 Å². The Labute approximate surface area is 122 Å². The van der Waals surface area contributed by atoms with Crippen LogP contribution < -0.4 is 10.6 Å². The number of carbonyl (C=O) groups excluding carboxylic acids is 1. The van der Waals surface area contributed by atoms with Crippen LogP contribution in [0.1, 0.15) is 39.5 Å². The van der Waals surface area contributed by atoms with Gasteiger partial charge in [-0.1, -0.05) is 13.8 Å². The Morgan fingerprint density at radius 1 is 1.40 bits per heavy atom. The first-order chi connectivity index (χ1) is 9.54. The molecular formula is C15H29N3O2. The minimum Gasteiger partial charge on any atom is -0.396 e. The normalized spacial score (nSPS) is 24.9. The van der Waals surface area contributed by atoms with Gasteiger partial charge < -0.3 is 15.7 Å². The van der Waals surface area contributed by atoms with Crippen molar-refractivity contribution >= 4 is 6.03 Å². The van der Waals surface area contributed by atoms with E-state index in [0.29, 0.717) is 18.5 Å². The number of carbonyl (C=O) groups is 1. The average molecular weight is 283 g/mol. The molecule has 0 bridgehead atoms. The predicted octanol–water partition coefficient (Wildman–Crippen LogP) is 1.18. The molecule has 5 heteroatoms. The molecule has 0 aromatic heterocycles. The van der Waals surface area contributed by atoms with Crippen molar-refractivity contribution in [1.82, 2.24) is 15.5 Å². The third-order valence-corrected chi connectivity index (χ3v) is 4.51. The summed E-state index contributed by atoms with van der Waals surface area (Å²) in [5, 5.41) is 15.1. The molecular weight excluding hydrogens is 254 g/mol. The van der Waals surface area contributed by atoms with E-state index in [1.54, 1.807) is 0 Å². The zero-order valence-corrected chi connectivity index (χ0v) is 12.8. The Hall–Kier alpha value is -0.810. The van der Waals surface area contributed by atoms with Gasteiger partial charge in [0, 0.05) is 31.1 Å². The SMILES string of the molecule is CC(C)CN1CCC[C@H]1CNC(=O)NCC1(CO)CC1. The molecule has 0 aromatic rings. The van der Waals surface area contributed by atoms with Crippen LogP contribution in [0, 0.1) is 11.3 Å². The molecule has 2 amide bonds. The molecule has 20 heavy (non-hydrogen) atoms. The van der Waals surface area contributed by atoms with Crippen LogP contribution in [0.4, 0.5) is 4.79 Å². The summed E-state index contributed by atoms with van der Waals surface area (Å²) >= 11 is 0. The largest absolute Gasteiger partial charge is 0.396 e. The van der Waals surface area contributed by atoms with Crippen molar-refractivity contribution in [2.24, 2.45) is 11.3 Å². The van der Waals surface area contributed by atoms with Gasteiger partial charge in [0.1, 0.15) is 0 Å². The number of amides is 2. The molecule has 3 N–H and O–H groups in total. The maximum atomic E-state index is 11.8. The summed E-state index contributed by atoms with van der Waals surface area (Å²) in [6.45, 7) is 8.23. The Morgan fingerprint density at radius 3 is 2.75 bits per heavy atom. The molecule has 0 aromatic carbocycles. The van der Waals surface area contributed by atoms with Gasteiger partial charge in [-0.05, 0) is 38.1 Å². The van der Waals surface area contributed by atoms with Gasteiger partial charge in [-0.25, -0.2) is 4.79 Å². The molecule has 2 rings (SSSR count). The fourth-order valence-corrected chi connectivity index (χ4v) is 2.94. The van der Waals surface area contributed by atoms with Gasteiger partial charge in [0.2, 0.25) is 0 Å². The van der Waals surface area contributed by atoms with Crippen molar-refractivity contribution in [2.75, 3.05) is 32.8 Å². The molecule has 1 heterocycles. The van der Waals surface area contributed by atoms with Gasteiger partial charge in [-0.2, -0.15) is 0 Å². The second kappa shape index (κ2) is 6.76. The Kier molecular flexibility index (Phi) is 5.27. The molecule has 5 nitrogen and oxygen atoms in total. The van der Waals surface area contributed by atoms with Crippen LogP contribution in [0.5, 0.6) is 0 Å². The third kappa shape index (κ3) is 4.35. The highest BCUT2D eigenvalue weighted by Gasteiger charge is 2.42. The van der Waals surface area contributed by atoms with Gasteiger partial charge in [0.25, 0.3) is 0 Å². The van der Waals surface area contributed by atoms with E-state index in [-0.39, 0.29) is 18.1 Å². The summed E-state index contributed by atoms with van der Waals surface area (Å²) in [4.78, 5) is 14.3. The maximum absolute atomic E-state index is 11.8. The quantitative estimate of drug-likeness (QED) is 0.657. The molecule has 116 valence electrons. The zero-order chi connectivity index (χ0) is 14.6. The summed E-state index contributed by atoms with van der Waals surface area (Å²) in [6.07, 6.45) is 4.45. The second-order valence-corrected chi connectivity index (χ2v) is 6.91. The number of nitrogens with zero attached hydrogens (tertiary/aromatic N) is 1. The topological polar surface area (TPSA) is 64.6 Å². The second-order valence-electron chi connectivity index (χ2n) is 6.91. The van der Waals surface area contributed by atoms with Gasteiger partial charge in [-0.15, -0.1) is 0 Å². The van der Waals surface area contributed by atoms with Crippen molar-refractivity contribution in [1.29, 1.82) is 0 Å². The predicted molar refractivity (Wildman–Crippen MR) is 79.6 cm³/mol. The molecule has 1 saturated heterocycles. The Morgan fingerprint density at radius 2 is 2.15 bits per heavy atom. The number of urea groups is 1. The smallest absolute Gasteiger partial charge is 0.314 e. The maximum Gasteiger partial charge on any atom is 0.314 e. The first-order valence-corrected chi connectivity index (χ1v) is 7.91. The summed E-state index contributed by atoms with van der Waals surface area (Å²) < 4.78 is 0. The van der Waals surface area contributed by atoms with Gasteiger partial charge in [0.15, 0.2) is 0 Å². The van der Waals surface area contributed by atoms with Crippen molar-refractivity contribution < 1.29 is 9.90 Å². The lowest BCUT2D eigenvalue weighted by molar-refractivity contribution is 0.198. The standard InChI is InChI=1S/C15H29N3O2/c1-12(2)9-18-7-3-4-13(18)8-16-14(20)17-10-15(11-19)5-6-15/h12-13,19H,3-11H2,1-2H3,(H2,16,17,20)/t13-/m0/s1. The van der Waals surface area contributed by atoms with E-state index >= 15 is 0 Å². The van der Waals surface area contributed by atoms with Crippen molar-refractivity contribution in [3.8, 4) is 0 Å². The van der Waals surface area contributed by atoms with Gasteiger partial charge in [0.05, 0.1) is 6.61 Å². The van der Waals surface area contributed by atoms with Gasteiger partial charge >= 0.3 is 6.03 Å². The monoisotopic (exact) mass is 283 g/mol. The number of hydrogen-bond acceptors (Lipinski definition) is 3. The van der Waals surface area contributed by atoms with Gasteiger partial charge in [-0.3, -0.25) is 4.90 Å². The van der Waals surface area contributed by atoms with Crippen LogP contribution in [-0.2, 0) is 0 Å². The van der Waals surface area contributed by atoms with E-state index in [1.807, 2.05) is 0 Å². The lowest BCUT2D eigenvalue weighted by atomic mass is 10.1. The van der Waals surface area contributed by atoms with E-state index in [1.165, 1.54) is 12.8 Å². The fraction of sp³-hybridized carbons (Fsp3) is 0.933. The lowest BCUT2D eigenvalue weighted by Crippen LogP contribution is -2.46. The summed E-state index contributed by atoms with van der Waals surface area (Å²) in [7, 11) is 0. The van der Waals surface area contributed by atoms with E-state index in [9.17, 15) is 9.90 Å². The van der Waals surface area contributed by atoms with Crippen LogP contribution in [0.25, 0.3) is 0 Å². The van der Waals surface area contributed by atoms with Crippen LogP contribution >= 0.6 is 0 Å². The van der Waals surface area contributed by atoms with Crippen molar-refractivity contribution in [3.63, 3.8) is 0 Å². The highest BCUT2D eigenvalue weighted by molar-refractivity contribution is 5.73. The molecule has 2 aliphatic rings. The summed E-state index contributed by atoms with van der Waals surface area (Å²) in [6, 6.07) is 0.386. The molecule has 1 aliphatic heterocycles. The highest BCUT2D eigenvalue weighted by Crippen LogP contribution is 2.44. The number of likely N-dealkylation sites (tertiary alicyclic amines) is 1. The molecule has 0 spiro atoms. The van der Waals surface area contributed by atoms with Crippen LogP contribution in [-0.4, -0.2) is 54.9 Å². The fourth-order valence-electron chi connectivity index (χ4n) is 2.94. The van der Waals surface area contributed by atoms with Crippen molar-refractivity contribution in [2.45, 2.75) is 45.6 Å². The number of hydrogen-bond donors (Lipinski definition) is 3. The van der Waals surface area contributed by atoms with Crippen LogP contribution in [0.2, 0.25) is 0 Å². The lowest BCUT2D eigenvalue weighted by Gasteiger charge is -2.26. The molecule has 1 aliphatic carbocycles. The molecule has 1 atom stereocenters. The summed E-state index contributed by atoms with van der Waals surface area (Å²) in [5.74, 6) is 0.670. The molecule has 1 saturated carbocycles. The van der Waals surface area contributed by atoms with E-state index in [0.717, 1.165) is 32.5 Å². The first-order valence-electron chi connectivity index (χ1n) is 7.91. The van der Waals surface area contributed by atoms with E-state index < -0.39 is 0 Å². The number of aliphatic hydroxyl groups is 1. The van der Waals surface area contributed by atoms with Crippen molar-refractivity contribution in [3.05, 3.63) is 0 Å². The molecule has 0 unspecified atom stereocenters. The molecule has 2 fully saturated rings. The minimum absolute atomic E-state index is 0.0195. The summed E-state index contributed by atoms with van der Waals surface area (Å²) in [5.41, 5.74) is -0.0195. The van der Waals surface area contributed by atoms with Crippen LogP contribution in [0.3, 0.4) is 0 Å².